The number of ether oxygens (including phenoxy) is 1. The highest BCUT2D eigenvalue weighted by atomic mass is 16.5. The molecule has 0 aromatic heterocycles. The number of carboxylic acid groups (broad SMARTS) is 1. The zero-order chi connectivity index (χ0) is 13.8. The van der Waals surface area contributed by atoms with E-state index in [1.807, 2.05) is 12.1 Å². The molecule has 1 aromatic rings. The van der Waals surface area contributed by atoms with Gasteiger partial charge >= 0.3 is 12.1 Å². The molecule has 0 saturated carbocycles. The van der Waals surface area contributed by atoms with E-state index < -0.39 is 6.09 Å². The number of methoxy groups -OCH3 is 1. The van der Waals surface area contributed by atoms with Crippen molar-refractivity contribution in [3.63, 3.8) is 0 Å². The molecule has 6 heteroatoms. The van der Waals surface area contributed by atoms with Crippen LogP contribution in [0.5, 0.6) is 0 Å². The van der Waals surface area contributed by atoms with Gasteiger partial charge in [-0.25, -0.2) is 9.59 Å². The number of amides is 1. The number of carbonyl (C=O) groups is 2. The second kappa shape index (κ2) is 5.60. The largest absolute Gasteiger partial charge is 0.465 e. The van der Waals surface area contributed by atoms with Gasteiger partial charge in [0.25, 0.3) is 0 Å². The van der Waals surface area contributed by atoms with Crippen LogP contribution in [0.3, 0.4) is 0 Å². The van der Waals surface area contributed by atoms with Crippen molar-refractivity contribution in [3.05, 3.63) is 29.8 Å². The van der Waals surface area contributed by atoms with Crippen molar-refractivity contribution < 1.29 is 19.4 Å². The van der Waals surface area contributed by atoms with Gasteiger partial charge in [-0.3, -0.25) is 0 Å². The standard InChI is InChI=1S/C13H16N2O4/c1-19-12(16)10-2-4-11(5-3-10)14-6-8-15(9-7-14)13(17)18/h2-5H,6-9H2,1H3,(H,17,18). The molecule has 102 valence electrons. The van der Waals surface area contributed by atoms with E-state index in [0.717, 1.165) is 5.69 Å². The van der Waals surface area contributed by atoms with E-state index in [2.05, 4.69) is 9.64 Å². The van der Waals surface area contributed by atoms with Gasteiger partial charge in [0.15, 0.2) is 0 Å². The van der Waals surface area contributed by atoms with Gasteiger partial charge < -0.3 is 19.6 Å². The molecule has 6 nitrogen and oxygen atoms in total. The number of hydrogen-bond donors (Lipinski definition) is 1. The van der Waals surface area contributed by atoms with Crippen LogP contribution in [0.25, 0.3) is 0 Å². The smallest absolute Gasteiger partial charge is 0.407 e. The molecule has 1 saturated heterocycles. The first kappa shape index (κ1) is 13.2. The molecule has 1 heterocycles. The Balaban J connectivity index is 2.00. The minimum atomic E-state index is -0.874. The first-order valence-corrected chi connectivity index (χ1v) is 6.03. The number of nitrogens with zero attached hydrogens (tertiary/aromatic N) is 2. The Morgan fingerprint density at radius 2 is 1.68 bits per heavy atom. The fraction of sp³-hybridized carbons (Fsp3) is 0.385. The summed E-state index contributed by atoms with van der Waals surface area (Å²) in [6.45, 7) is 2.30. The summed E-state index contributed by atoms with van der Waals surface area (Å²) < 4.78 is 4.64. The van der Waals surface area contributed by atoms with Crippen molar-refractivity contribution in [2.75, 3.05) is 38.2 Å². The lowest BCUT2D eigenvalue weighted by molar-refractivity contribution is 0.0600. The molecule has 1 amide bonds. The molecule has 0 unspecified atom stereocenters. The van der Waals surface area contributed by atoms with E-state index in [9.17, 15) is 9.59 Å². The molecule has 1 aromatic carbocycles. The Kier molecular flexibility index (Phi) is 3.89. The predicted molar refractivity (Wildman–Crippen MR) is 69.6 cm³/mol. The van der Waals surface area contributed by atoms with Crippen LogP contribution in [0.15, 0.2) is 24.3 Å². The van der Waals surface area contributed by atoms with E-state index in [1.165, 1.54) is 12.0 Å². The van der Waals surface area contributed by atoms with Gasteiger partial charge in [0, 0.05) is 31.9 Å². The number of hydrogen-bond acceptors (Lipinski definition) is 4. The van der Waals surface area contributed by atoms with Gasteiger partial charge in [0.1, 0.15) is 0 Å². The maximum Gasteiger partial charge on any atom is 0.407 e. The van der Waals surface area contributed by atoms with Crippen LogP contribution < -0.4 is 4.90 Å². The number of rotatable bonds is 2. The molecule has 0 aliphatic carbocycles. The number of esters is 1. The third-order valence-corrected chi connectivity index (χ3v) is 3.20. The average molecular weight is 264 g/mol. The van der Waals surface area contributed by atoms with E-state index in [-0.39, 0.29) is 5.97 Å². The molecule has 2 rings (SSSR count). The van der Waals surface area contributed by atoms with Crippen LogP contribution in [0.1, 0.15) is 10.4 Å². The fourth-order valence-electron chi connectivity index (χ4n) is 2.08. The summed E-state index contributed by atoms with van der Waals surface area (Å²) >= 11 is 0. The van der Waals surface area contributed by atoms with E-state index in [0.29, 0.717) is 31.7 Å². The van der Waals surface area contributed by atoms with Crippen LogP contribution in [0.4, 0.5) is 10.5 Å². The Bertz CT molecular complexity index is 464. The summed E-state index contributed by atoms with van der Waals surface area (Å²) in [5.74, 6) is -0.359. The summed E-state index contributed by atoms with van der Waals surface area (Å²) in [4.78, 5) is 25.6. The first-order valence-electron chi connectivity index (χ1n) is 6.03. The Labute approximate surface area is 111 Å². The van der Waals surface area contributed by atoms with Gasteiger partial charge in [-0.1, -0.05) is 0 Å². The van der Waals surface area contributed by atoms with Crippen LogP contribution in [-0.4, -0.2) is 55.4 Å². The maximum atomic E-state index is 11.3. The van der Waals surface area contributed by atoms with Gasteiger partial charge in [0.05, 0.1) is 12.7 Å². The molecule has 0 spiro atoms. The van der Waals surface area contributed by atoms with E-state index >= 15 is 0 Å². The number of anilines is 1. The van der Waals surface area contributed by atoms with Crippen LogP contribution >= 0.6 is 0 Å². The number of piperazine rings is 1. The van der Waals surface area contributed by atoms with Crippen LogP contribution in [0.2, 0.25) is 0 Å². The van der Waals surface area contributed by atoms with Crippen molar-refractivity contribution in [2.45, 2.75) is 0 Å². The summed E-state index contributed by atoms with van der Waals surface area (Å²) in [5, 5.41) is 8.88. The van der Waals surface area contributed by atoms with E-state index in [1.54, 1.807) is 12.1 Å². The zero-order valence-corrected chi connectivity index (χ0v) is 10.7. The van der Waals surface area contributed by atoms with Gasteiger partial charge in [0.2, 0.25) is 0 Å². The molecule has 1 N–H and O–H groups in total. The Morgan fingerprint density at radius 3 is 2.16 bits per heavy atom. The molecule has 0 radical (unpaired) electrons. The quantitative estimate of drug-likeness (QED) is 0.815. The van der Waals surface area contributed by atoms with Crippen LogP contribution in [0, 0.1) is 0 Å². The highest BCUT2D eigenvalue weighted by molar-refractivity contribution is 5.89. The zero-order valence-electron chi connectivity index (χ0n) is 10.7. The van der Waals surface area contributed by atoms with Crippen molar-refractivity contribution in [1.82, 2.24) is 4.90 Å². The van der Waals surface area contributed by atoms with Crippen molar-refractivity contribution in [2.24, 2.45) is 0 Å². The lowest BCUT2D eigenvalue weighted by atomic mass is 10.2. The second-order valence-corrected chi connectivity index (χ2v) is 4.30. The van der Waals surface area contributed by atoms with Crippen molar-refractivity contribution in [1.29, 1.82) is 0 Å². The maximum absolute atomic E-state index is 11.3. The summed E-state index contributed by atoms with van der Waals surface area (Å²) in [6.07, 6.45) is -0.874. The normalized spacial score (nSPS) is 15.2. The molecular formula is C13H16N2O4. The summed E-state index contributed by atoms with van der Waals surface area (Å²) in [6, 6.07) is 7.13. The minimum Gasteiger partial charge on any atom is -0.465 e. The van der Waals surface area contributed by atoms with Crippen LogP contribution in [-0.2, 0) is 4.74 Å². The SMILES string of the molecule is COC(=O)c1ccc(N2CCN(C(=O)O)CC2)cc1. The highest BCUT2D eigenvalue weighted by Gasteiger charge is 2.20. The first-order chi connectivity index (χ1) is 9.11. The Morgan fingerprint density at radius 1 is 1.11 bits per heavy atom. The van der Waals surface area contributed by atoms with Crippen molar-refractivity contribution in [3.8, 4) is 0 Å². The second-order valence-electron chi connectivity index (χ2n) is 4.30. The molecular weight excluding hydrogens is 248 g/mol. The monoisotopic (exact) mass is 264 g/mol. The summed E-state index contributed by atoms with van der Waals surface area (Å²) in [5.41, 5.74) is 1.49. The molecule has 1 fully saturated rings. The molecule has 0 atom stereocenters. The third kappa shape index (κ3) is 2.96. The third-order valence-electron chi connectivity index (χ3n) is 3.20. The van der Waals surface area contributed by atoms with E-state index in [4.69, 9.17) is 5.11 Å². The fourth-order valence-corrected chi connectivity index (χ4v) is 2.08. The molecule has 1 aliphatic heterocycles. The molecule has 19 heavy (non-hydrogen) atoms. The predicted octanol–water partition coefficient (Wildman–Crippen LogP) is 1.27. The van der Waals surface area contributed by atoms with Gasteiger partial charge in [-0.15, -0.1) is 0 Å². The topological polar surface area (TPSA) is 70.1 Å². The summed E-state index contributed by atoms with van der Waals surface area (Å²) in [7, 11) is 1.35. The minimum absolute atomic E-state index is 0.359. The van der Waals surface area contributed by atoms with Gasteiger partial charge in [-0.2, -0.15) is 0 Å². The molecule has 0 bridgehead atoms. The lowest BCUT2D eigenvalue weighted by Crippen LogP contribution is -2.48. The van der Waals surface area contributed by atoms with Crippen molar-refractivity contribution >= 4 is 17.7 Å². The number of carbonyl (C=O) groups excluding carboxylic acids is 1. The Hall–Kier alpha value is -2.24. The molecule has 1 aliphatic rings. The average Bonchev–Trinajstić information content (AvgIpc) is 2.46. The highest BCUT2D eigenvalue weighted by Crippen LogP contribution is 2.17. The number of benzene rings is 1. The lowest BCUT2D eigenvalue weighted by Gasteiger charge is -2.34. The van der Waals surface area contributed by atoms with Gasteiger partial charge in [-0.05, 0) is 24.3 Å².